The summed E-state index contributed by atoms with van der Waals surface area (Å²) in [6, 6.07) is 15.8. The van der Waals surface area contributed by atoms with Crippen LogP contribution in [0.15, 0.2) is 65.6 Å². The second-order valence-electron chi connectivity index (χ2n) is 8.17. The van der Waals surface area contributed by atoms with Crippen molar-refractivity contribution in [3.8, 4) is 0 Å². The van der Waals surface area contributed by atoms with Crippen molar-refractivity contribution in [1.29, 1.82) is 0 Å². The van der Waals surface area contributed by atoms with Crippen molar-refractivity contribution < 1.29 is 22.3 Å². The van der Waals surface area contributed by atoms with E-state index in [1.807, 2.05) is 17.9 Å². The molecule has 0 saturated carbocycles. The Labute approximate surface area is 198 Å². The molecule has 178 valence electrons. The standard InChI is InChI=1S/C25H26FN3O4S/c1-17-3-4-18(2)24(15-17)34(31,32)28-20-7-5-19(6-8-20)25(30)27-21-9-10-23(22(26)16-21)29-11-13-33-14-12-29/h3-10,15-16,28H,11-14H2,1-2H3,(H,27,30). The number of anilines is 3. The fourth-order valence-electron chi connectivity index (χ4n) is 3.75. The molecule has 34 heavy (non-hydrogen) atoms. The van der Waals surface area contributed by atoms with Crippen LogP contribution in [0, 0.1) is 19.7 Å². The molecule has 1 aliphatic rings. The molecular formula is C25H26FN3O4S. The molecule has 0 atom stereocenters. The fourth-order valence-corrected chi connectivity index (χ4v) is 5.13. The van der Waals surface area contributed by atoms with Gasteiger partial charge in [0.2, 0.25) is 0 Å². The van der Waals surface area contributed by atoms with Crippen LogP contribution in [0.25, 0.3) is 0 Å². The van der Waals surface area contributed by atoms with Gasteiger partial charge in [-0.25, -0.2) is 12.8 Å². The summed E-state index contributed by atoms with van der Waals surface area (Å²) in [5.74, 6) is -0.849. The molecule has 9 heteroatoms. The fraction of sp³-hybridized carbons (Fsp3) is 0.240. The number of morpholine rings is 1. The molecule has 1 amide bonds. The zero-order chi connectivity index (χ0) is 24.3. The van der Waals surface area contributed by atoms with E-state index >= 15 is 0 Å². The van der Waals surface area contributed by atoms with Crippen LogP contribution in [-0.4, -0.2) is 40.6 Å². The van der Waals surface area contributed by atoms with Crippen molar-refractivity contribution in [3.63, 3.8) is 0 Å². The Hall–Kier alpha value is -3.43. The van der Waals surface area contributed by atoms with Crippen LogP contribution in [0.2, 0.25) is 0 Å². The summed E-state index contributed by atoms with van der Waals surface area (Å²) in [7, 11) is -3.77. The van der Waals surface area contributed by atoms with E-state index in [0.717, 1.165) is 5.56 Å². The minimum Gasteiger partial charge on any atom is -0.378 e. The third-order valence-corrected chi connectivity index (χ3v) is 7.11. The second kappa shape index (κ2) is 9.82. The maximum atomic E-state index is 14.6. The Morgan fingerprint density at radius 3 is 2.29 bits per heavy atom. The van der Waals surface area contributed by atoms with Gasteiger partial charge >= 0.3 is 0 Å². The largest absolute Gasteiger partial charge is 0.378 e. The smallest absolute Gasteiger partial charge is 0.262 e. The van der Waals surface area contributed by atoms with E-state index in [1.54, 1.807) is 31.2 Å². The Bertz CT molecular complexity index is 1300. The molecule has 3 aromatic carbocycles. The Balaban J connectivity index is 1.43. The number of nitrogens with one attached hydrogen (secondary N) is 2. The normalized spacial score (nSPS) is 14.0. The first-order valence-corrected chi connectivity index (χ1v) is 12.3. The van der Waals surface area contributed by atoms with Crippen molar-refractivity contribution in [2.45, 2.75) is 18.7 Å². The van der Waals surface area contributed by atoms with Gasteiger partial charge in [0.15, 0.2) is 0 Å². The van der Waals surface area contributed by atoms with Crippen LogP contribution < -0.4 is 14.9 Å². The minimum absolute atomic E-state index is 0.205. The first-order chi connectivity index (χ1) is 16.2. The molecular weight excluding hydrogens is 457 g/mol. The van der Waals surface area contributed by atoms with Crippen LogP contribution in [0.4, 0.5) is 21.5 Å². The molecule has 4 rings (SSSR count). The van der Waals surface area contributed by atoms with Gasteiger partial charge in [0.1, 0.15) is 5.82 Å². The Morgan fingerprint density at radius 1 is 0.941 bits per heavy atom. The van der Waals surface area contributed by atoms with E-state index in [9.17, 15) is 17.6 Å². The van der Waals surface area contributed by atoms with Crippen LogP contribution in [0.3, 0.4) is 0 Å². The topological polar surface area (TPSA) is 87.7 Å². The lowest BCUT2D eigenvalue weighted by Gasteiger charge is -2.29. The summed E-state index contributed by atoms with van der Waals surface area (Å²) < 4.78 is 48.0. The number of nitrogens with zero attached hydrogens (tertiary/aromatic N) is 1. The molecule has 1 heterocycles. The Kier molecular flexibility index (Phi) is 6.85. The average molecular weight is 484 g/mol. The highest BCUT2D eigenvalue weighted by Gasteiger charge is 2.18. The number of ether oxygens (including phenoxy) is 1. The molecule has 2 N–H and O–H groups in total. The van der Waals surface area contributed by atoms with Gasteiger partial charge in [-0.05, 0) is 73.5 Å². The molecule has 0 aliphatic carbocycles. The molecule has 0 bridgehead atoms. The van der Waals surface area contributed by atoms with Crippen LogP contribution in [0.1, 0.15) is 21.5 Å². The summed E-state index contributed by atoms with van der Waals surface area (Å²) in [6.45, 7) is 5.89. The minimum atomic E-state index is -3.77. The van der Waals surface area contributed by atoms with Crippen LogP contribution >= 0.6 is 0 Å². The van der Waals surface area contributed by atoms with Crippen molar-refractivity contribution in [2.24, 2.45) is 0 Å². The lowest BCUT2D eigenvalue weighted by atomic mass is 10.2. The van der Waals surface area contributed by atoms with E-state index in [1.165, 1.54) is 30.3 Å². The lowest BCUT2D eigenvalue weighted by molar-refractivity contribution is 0.102. The van der Waals surface area contributed by atoms with Crippen LogP contribution in [0.5, 0.6) is 0 Å². The van der Waals surface area contributed by atoms with E-state index in [4.69, 9.17) is 4.74 Å². The number of hydrogen-bond donors (Lipinski definition) is 2. The van der Waals surface area contributed by atoms with E-state index in [2.05, 4.69) is 10.0 Å². The van der Waals surface area contributed by atoms with Gasteiger partial charge in [-0.1, -0.05) is 12.1 Å². The predicted molar refractivity (Wildman–Crippen MR) is 131 cm³/mol. The number of aryl methyl sites for hydroxylation is 2. The quantitative estimate of drug-likeness (QED) is 0.545. The van der Waals surface area contributed by atoms with Gasteiger partial charge in [-0.3, -0.25) is 9.52 Å². The number of amides is 1. The molecule has 0 unspecified atom stereocenters. The van der Waals surface area contributed by atoms with Gasteiger partial charge in [0.05, 0.1) is 23.8 Å². The zero-order valence-electron chi connectivity index (χ0n) is 19.0. The van der Waals surface area contributed by atoms with Gasteiger partial charge in [0.25, 0.3) is 15.9 Å². The molecule has 0 radical (unpaired) electrons. The number of hydrogen-bond acceptors (Lipinski definition) is 5. The van der Waals surface area contributed by atoms with Gasteiger partial charge in [-0.15, -0.1) is 0 Å². The number of carbonyl (C=O) groups excluding carboxylic acids is 1. The number of carbonyl (C=O) groups is 1. The zero-order valence-corrected chi connectivity index (χ0v) is 19.8. The number of benzene rings is 3. The molecule has 1 saturated heterocycles. The summed E-state index contributed by atoms with van der Waals surface area (Å²) in [4.78, 5) is 14.7. The van der Waals surface area contributed by atoms with Crippen molar-refractivity contribution in [3.05, 3.63) is 83.2 Å². The third-order valence-electron chi connectivity index (χ3n) is 5.59. The van der Waals surface area contributed by atoms with E-state index in [-0.39, 0.29) is 4.90 Å². The summed E-state index contributed by atoms with van der Waals surface area (Å²) in [6.07, 6.45) is 0. The highest BCUT2D eigenvalue weighted by Crippen LogP contribution is 2.25. The van der Waals surface area contributed by atoms with Gasteiger partial charge < -0.3 is 15.0 Å². The van der Waals surface area contributed by atoms with Gasteiger partial charge in [0, 0.05) is 30.0 Å². The summed E-state index contributed by atoms with van der Waals surface area (Å²) in [5, 5.41) is 2.68. The van der Waals surface area contributed by atoms with E-state index < -0.39 is 21.7 Å². The van der Waals surface area contributed by atoms with Crippen LogP contribution in [-0.2, 0) is 14.8 Å². The molecule has 1 aliphatic heterocycles. The first kappa shape index (κ1) is 23.7. The molecule has 1 fully saturated rings. The molecule has 0 spiro atoms. The maximum Gasteiger partial charge on any atom is 0.262 e. The number of halogens is 1. The van der Waals surface area contributed by atoms with Crippen molar-refractivity contribution >= 4 is 33.0 Å². The van der Waals surface area contributed by atoms with Crippen molar-refractivity contribution in [1.82, 2.24) is 0 Å². The Morgan fingerprint density at radius 2 is 1.62 bits per heavy atom. The number of sulfonamides is 1. The number of rotatable bonds is 6. The summed E-state index contributed by atoms with van der Waals surface area (Å²) in [5.41, 5.74) is 2.93. The molecule has 7 nitrogen and oxygen atoms in total. The second-order valence-corrected chi connectivity index (χ2v) is 9.82. The van der Waals surface area contributed by atoms with E-state index in [0.29, 0.717) is 54.5 Å². The summed E-state index contributed by atoms with van der Waals surface area (Å²) >= 11 is 0. The highest BCUT2D eigenvalue weighted by atomic mass is 32.2. The molecule has 3 aromatic rings. The maximum absolute atomic E-state index is 14.6. The highest BCUT2D eigenvalue weighted by molar-refractivity contribution is 7.92. The first-order valence-electron chi connectivity index (χ1n) is 10.9. The van der Waals surface area contributed by atoms with Crippen molar-refractivity contribution in [2.75, 3.05) is 41.2 Å². The third kappa shape index (κ3) is 5.37. The average Bonchev–Trinajstić information content (AvgIpc) is 2.81. The lowest BCUT2D eigenvalue weighted by Crippen LogP contribution is -2.36. The van der Waals surface area contributed by atoms with Gasteiger partial charge in [-0.2, -0.15) is 0 Å². The molecule has 0 aromatic heterocycles. The SMILES string of the molecule is Cc1ccc(C)c(S(=O)(=O)Nc2ccc(C(=O)Nc3ccc(N4CCOCC4)c(F)c3)cc2)c1. The predicted octanol–water partition coefficient (Wildman–Crippen LogP) is 4.33. The monoisotopic (exact) mass is 483 g/mol.